The van der Waals surface area contributed by atoms with Gasteiger partial charge in [0.15, 0.2) is 0 Å². The number of allylic oxidation sites excluding steroid dienone is 2. The Morgan fingerprint density at radius 2 is 0.900 bits per heavy atom. The Morgan fingerprint density at radius 1 is 0.567 bits per heavy atom. The molecule has 0 saturated carbocycles. The van der Waals surface area contributed by atoms with Crippen LogP contribution in [-0.4, -0.2) is 0 Å². The molecular weight excluding hydrogens is 379 g/mol. The van der Waals surface area contributed by atoms with E-state index in [2.05, 4.69) is 141 Å². The Labute approximate surface area is 180 Å². The summed E-state index contributed by atoms with van der Waals surface area (Å²) in [7, 11) is -2.12. The monoisotopic (exact) mass is 405 g/mol. The first-order chi connectivity index (χ1) is 14.7. The van der Waals surface area contributed by atoms with Crippen molar-refractivity contribution in [3.8, 4) is 0 Å². The fraction of sp³-hybridized carbons (Fsp3) is 0.0345. The number of hydrogen-bond acceptors (Lipinski definition) is 0. The van der Waals surface area contributed by atoms with Crippen LogP contribution in [0.2, 0.25) is 0 Å². The van der Waals surface area contributed by atoms with Gasteiger partial charge in [0.2, 0.25) is 0 Å². The third-order valence-corrected chi connectivity index (χ3v) is 9.78. The van der Waals surface area contributed by atoms with Crippen LogP contribution in [0.3, 0.4) is 0 Å². The fourth-order valence-electron chi connectivity index (χ4n) is 4.03. The minimum Gasteiger partial charge on any atom is -0.0921 e. The van der Waals surface area contributed by atoms with Gasteiger partial charge in [0.25, 0.3) is 0 Å². The molecule has 0 saturated heterocycles. The van der Waals surface area contributed by atoms with Crippen molar-refractivity contribution in [3.05, 3.63) is 144 Å². The third-order valence-electron chi connectivity index (χ3n) is 5.33. The second-order valence-corrected chi connectivity index (χ2v) is 10.8. The lowest BCUT2D eigenvalue weighted by Gasteiger charge is -2.30. The first-order valence-electron chi connectivity index (χ1n) is 10.2. The predicted octanol–water partition coefficient (Wildman–Crippen LogP) is 6.60. The van der Waals surface area contributed by atoms with E-state index in [9.17, 15) is 0 Å². The highest BCUT2D eigenvalue weighted by atomic mass is 31.2. The Hall–Kier alpha value is -3.21. The van der Waals surface area contributed by atoms with Gasteiger partial charge in [-0.3, -0.25) is 0 Å². The summed E-state index contributed by atoms with van der Waals surface area (Å²) >= 11 is 0. The normalized spacial score (nSPS) is 11.8. The Morgan fingerprint density at radius 3 is 1.23 bits per heavy atom. The van der Waals surface area contributed by atoms with Crippen LogP contribution < -0.4 is 15.9 Å². The topological polar surface area (TPSA) is 0 Å². The maximum Gasteiger partial charge on any atom is 0.144 e. The van der Waals surface area contributed by atoms with E-state index in [1.54, 1.807) is 0 Å². The average Bonchev–Trinajstić information content (AvgIpc) is 2.82. The number of benzene rings is 4. The highest BCUT2D eigenvalue weighted by molar-refractivity contribution is 7.99. The van der Waals surface area contributed by atoms with Crippen molar-refractivity contribution < 1.29 is 0 Å². The zero-order chi connectivity index (χ0) is 20.8. The second-order valence-electron chi connectivity index (χ2n) is 7.40. The number of hydrogen-bond donors (Lipinski definition) is 0. The molecule has 0 aliphatic carbocycles. The molecule has 0 fully saturated rings. The molecule has 4 rings (SSSR count). The number of rotatable bonds is 6. The van der Waals surface area contributed by atoms with Crippen LogP contribution in [0.5, 0.6) is 0 Å². The summed E-state index contributed by atoms with van der Waals surface area (Å²) < 4.78 is 0. The molecule has 4 aromatic rings. The van der Waals surface area contributed by atoms with Gasteiger partial charge in [0.1, 0.15) is 28.5 Å². The molecule has 0 unspecified atom stereocenters. The van der Waals surface area contributed by atoms with Gasteiger partial charge >= 0.3 is 0 Å². The van der Waals surface area contributed by atoms with Crippen molar-refractivity contribution in [1.82, 2.24) is 0 Å². The van der Waals surface area contributed by atoms with Crippen LogP contribution in [0.25, 0.3) is 6.08 Å². The average molecular weight is 406 g/mol. The van der Waals surface area contributed by atoms with Gasteiger partial charge in [-0.05, 0) is 60.5 Å². The molecule has 0 amide bonds. The van der Waals surface area contributed by atoms with E-state index in [1.165, 1.54) is 26.8 Å². The smallest absolute Gasteiger partial charge is 0.0921 e. The summed E-state index contributed by atoms with van der Waals surface area (Å²) in [5, 5.41) is 5.32. The molecule has 146 valence electrons. The molecule has 0 radical (unpaired) electrons. The van der Waals surface area contributed by atoms with Gasteiger partial charge in [-0.2, -0.15) is 0 Å². The van der Waals surface area contributed by atoms with Crippen molar-refractivity contribution in [3.63, 3.8) is 0 Å². The molecule has 0 aromatic heterocycles. The van der Waals surface area contributed by atoms with Crippen molar-refractivity contribution in [1.29, 1.82) is 0 Å². The standard InChI is InChI=1S/C29H26P/c1-24(2)29(23-25-15-7-3-8-16-25)30(26-17-9-4-10-18-26,27-19-11-5-12-20-27)28-21-13-6-14-22-28/h3-23H,1H2,2H3/q+1/b29-23-. The lowest BCUT2D eigenvalue weighted by molar-refractivity contribution is 1.52. The SMILES string of the molecule is C=C(C)/C(=C/c1ccccc1)[P+](c1ccccc1)(c1ccccc1)c1ccccc1. The molecule has 0 atom stereocenters. The summed E-state index contributed by atoms with van der Waals surface area (Å²) in [6.07, 6.45) is 2.34. The Balaban J connectivity index is 2.14. The summed E-state index contributed by atoms with van der Waals surface area (Å²) in [4.78, 5) is 0. The summed E-state index contributed by atoms with van der Waals surface area (Å²) in [5.74, 6) is 0. The zero-order valence-electron chi connectivity index (χ0n) is 17.3. The van der Waals surface area contributed by atoms with Crippen molar-refractivity contribution in [2.24, 2.45) is 0 Å². The zero-order valence-corrected chi connectivity index (χ0v) is 18.2. The van der Waals surface area contributed by atoms with E-state index < -0.39 is 7.26 Å². The quantitative estimate of drug-likeness (QED) is 0.250. The van der Waals surface area contributed by atoms with Gasteiger partial charge in [-0.25, -0.2) is 0 Å². The fourth-order valence-corrected chi connectivity index (χ4v) is 8.53. The molecule has 0 bridgehead atoms. The first-order valence-corrected chi connectivity index (χ1v) is 12.0. The Kier molecular flexibility index (Phi) is 6.07. The largest absolute Gasteiger partial charge is 0.144 e. The molecule has 0 aliphatic heterocycles. The van der Waals surface area contributed by atoms with Gasteiger partial charge in [0.05, 0.1) is 0 Å². The van der Waals surface area contributed by atoms with Crippen molar-refractivity contribution in [2.75, 3.05) is 0 Å². The summed E-state index contributed by atoms with van der Waals surface area (Å²) in [6.45, 7) is 6.59. The van der Waals surface area contributed by atoms with Gasteiger partial charge in [0, 0.05) is 0 Å². The molecule has 4 aromatic carbocycles. The lowest BCUT2D eigenvalue weighted by atomic mass is 10.2. The minimum atomic E-state index is -2.12. The van der Waals surface area contributed by atoms with Crippen LogP contribution in [0.1, 0.15) is 12.5 Å². The minimum absolute atomic E-state index is 1.10. The first kappa shape index (κ1) is 20.1. The van der Waals surface area contributed by atoms with Gasteiger partial charge in [-0.1, -0.05) is 91.5 Å². The maximum absolute atomic E-state index is 4.45. The van der Waals surface area contributed by atoms with E-state index >= 15 is 0 Å². The molecule has 0 spiro atoms. The second kappa shape index (κ2) is 9.08. The molecule has 0 N–H and O–H groups in total. The van der Waals surface area contributed by atoms with Crippen LogP contribution in [0, 0.1) is 0 Å². The van der Waals surface area contributed by atoms with Crippen LogP contribution in [-0.2, 0) is 0 Å². The predicted molar refractivity (Wildman–Crippen MR) is 134 cm³/mol. The molecule has 0 nitrogen and oxygen atoms in total. The molecule has 1 heteroatoms. The van der Waals surface area contributed by atoms with Gasteiger partial charge in [-0.15, -0.1) is 0 Å². The summed E-state index contributed by atoms with van der Waals surface area (Å²) in [6, 6.07) is 43.4. The van der Waals surface area contributed by atoms with Crippen molar-refractivity contribution in [2.45, 2.75) is 6.92 Å². The van der Waals surface area contributed by atoms with Crippen LogP contribution >= 0.6 is 7.26 Å². The highest BCUT2D eigenvalue weighted by Gasteiger charge is 2.49. The van der Waals surface area contributed by atoms with E-state index in [-0.39, 0.29) is 0 Å². The van der Waals surface area contributed by atoms with E-state index in [4.69, 9.17) is 0 Å². The maximum atomic E-state index is 4.45. The summed E-state index contributed by atoms with van der Waals surface area (Å²) in [5.41, 5.74) is 2.30. The third kappa shape index (κ3) is 3.80. The van der Waals surface area contributed by atoms with E-state index in [1.807, 2.05) is 0 Å². The van der Waals surface area contributed by atoms with Gasteiger partial charge < -0.3 is 0 Å². The van der Waals surface area contributed by atoms with E-state index in [0.29, 0.717) is 0 Å². The van der Waals surface area contributed by atoms with Crippen LogP contribution in [0.15, 0.2) is 139 Å². The Bertz CT molecular complexity index is 1030. The lowest BCUT2D eigenvalue weighted by Crippen LogP contribution is -2.32. The molecular formula is C29H26P+. The van der Waals surface area contributed by atoms with Crippen molar-refractivity contribution >= 4 is 29.3 Å². The molecule has 30 heavy (non-hydrogen) atoms. The highest BCUT2D eigenvalue weighted by Crippen LogP contribution is 2.64. The van der Waals surface area contributed by atoms with Crippen LogP contribution in [0.4, 0.5) is 0 Å². The molecule has 0 heterocycles. The molecule has 0 aliphatic rings. The van der Waals surface area contributed by atoms with E-state index in [0.717, 1.165) is 5.57 Å².